The molecule has 1 aromatic rings. The summed E-state index contributed by atoms with van der Waals surface area (Å²) in [6, 6.07) is 5.03. The molecule has 0 aromatic heterocycles. The monoisotopic (exact) mass is 320 g/mol. The lowest BCUT2D eigenvalue weighted by Crippen LogP contribution is -2.48. The maximum Gasteiger partial charge on any atom is 0.242 e. The summed E-state index contributed by atoms with van der Waals surface area (Å²) >= 11 is 0. The second-order valence-electron chi connectivity index (χ2n) is 5.71. The maximum atomic E-state index is 12.3. The first-order valence-electron chi connectivity index (χ1n) is 7.93. The Hall–Kier alpha value is -2.24. The van der Waals surface area contributed by atoms with E-state index in [2.05, 4.69) is 10.6 Å². The molecule has 0 unspecified atom stereocenters. The third-order valence-corrected chi connectivity index (χ3v) is 3.85. The van der Waals surface area contributed by atoms with Crippen molar-refractivity contribution >= 4 is 11.8 Å². The second kappa shape index (κ2) is 7.85. The van der Waals surface area contributed by atoms with E-state index in [4.69, 9.17) is 9.47 Å². The number of nitrogens with one attached hydrogen (secondary N) is 2. The first-order valence-corrected chi connectivity index (χ1v) is 7.93. The van der Waals surface area contributed by atoms with Crippen LogP contribution in [0.3, 0.4) is 0 Å². The molecular weight excluding hydrogens is 296 g/mol. The molecule has 0 aliphatic carbocycles. The van der Waals surface area contributed by atoms with Gasteiger partial charge in [0.25, 0.3) is 0 Å². The van der Waals surface area contributed by atoms with Gasteiger partial charge in [0.1, 0.15) is 24.1 Å². The van der Waals surface area contributed by atoms with Crippen molar-refractivity contribution in [2.24, 2.45) is 5.92 Å². The van der Waals surface area contributed by atoms with E-state index in [0.29, 0.717) is 19.6 Å². The summed E-state index contributed by atoms with van der Waals surface area (Å²) in [5, 5.41) is 5.53. The highest BCUT2D eigenvalue weighted by atomic mass is 16.5. The van der Waals surface area contributed by atoms with Crippen molar-refractivity contribution in [2.75, 3.05) is 20.3 Å². The molecule has 1 aliphatic rings. The van der Waals surface area contributed by atoms with Crippen LogP contribution in [0.4, 0.5) is 0 Å². The molecule has 1 heterocycles. The first kappa shape index (κ1) is 17.1. The third-order valence-electron chi connectivity index (χ3n) is 3.85. The Balaban J connectivity index is 1.92. The van der Waals surface area contributed by atoms with E-state index in [0.717, 1.165) is 23.5 Å². The molecular formula is C17H24N2O4. The highest BCUT2D eigenvalue weighted by Crippen LogP contribution is 2.31. The van der Waals surface area contributed by atoms with Crippen LogP contribution >= 0.6 is 0 Å². The molecule has 0 radical (unpaired) electrons. The summed E-state index contributed by atoms with van der Waals surface area (Å²) in [5.74, 6) is 0.861. The molecule has 2 N–H and O–H groups in total. The zero-order chi connectivity index (χ0) is 16.8. The zero-order valence-corrected chi connectivity index (χ0v) is 13.8. The quantitative estimate of drug-likeness (QED) is 0.828. The Morgan fingerprint density at radius 2 is 2.22 bits per heavy atom. The fourth-order valence-corrected chi connectivity index (χ4v) is 2.45. The van der Waals surface area contributed by atoms with Crippen LogP contribution in [0.1, 0.15) is 25.8 Å². The van der Waals surface area contributed by atoms with Crippen LogP contribution in [0.25, 0.3) is 0 Å². The van der Waals surface area contributed by atoms with Gasteiger partial charge in [-0.25, -0.2) is 0 Å². The van der Waals surface area contributed by atoms with Crippen LogP contribution in [-0.2, 0) is 16.0 Å². The van der Waals surface area contributed by atoms with E-state index >= 15 is 0 Å². The molecule has 2 rings (SSSR count). The van der Waals surface area contributed by atoms with Gasteiger partial charge in [-0.3, -0.25) is 9.59 Å². The van der Waals surface area contributed by atoms with Crippen molar-refractivity contribution in [2.45, 2.75) is 32.7 Å². The summed E-state index contributed by atoms with van der Waals surface area (Å²) < 4.78 is 10.8. The first-order chi connectivity index (χ1) is 11.0. The van der Waals surface area contributed by atoms with Gasteiger partial charge in [0.15, 0.2) is 0 Å². The molecule has 0 spiro atoms. The van der Waals surface area contributed by atoms with E-state index in [9.17, 15) is 9.59 Å². The summed E-state index contributed by atoms with van der Waals surface area (Å²) in [5.41, 5.74) is 0.972. The predicted molar refractivity (Wildman–Crippen MR) is 86.6 cm³/mol. The number of rotatable bonds is 6. The average molecular weight is 320 g/mol. The molecule has 0 fully saturated rings. The lowest BCUT2D eigenvalue weighted by molar-refractivity contribution is -0.131. The van der Waals surface area contributed by atoms with Crippen molar-refractivity contribution in [3.05, 3.63) is 23.8 Å². The van der Waals surface area contributed by atoms with E-state index in [1.54, 1.807) is 14.0 Å². The normalized spacial score (nSPS) is 17.4. The maximum absolute atomic E-state index is 12.3. The van der Waals surface area contributed by atoms with Crippen molar-refractivity contribution in [3.8, 4) is 11.5 Å². The Morgan fingerprint density at radius 3 is 2.91 bits per heavy atom. The molecule has 23 heavy (non-hydrogen) atoms. The number of carbonyl (C=O) groups excluding carboxylic acids is 2. The number of amides is 2. The number of fused-ring (bicyclic) bond motifs is 1. The Morgan fingerprint density at radius 1 is 1.43 bits per heavy atom. The number of hydrogen-bond acceptors (Lipinski definition) is 4. The van der Waals surface area contributed by atoms with Crippen LogP contribution in [0.15, 0.2) is 18.2 Å². The lowest BCUT2D eigenvalue weighted by Gasteiger charge is -2.26. The lowest BCUT2D eigenvalue weighted by atomic mass is 9.95. The molecule has 2 amide bonds. The van der Waals surface area contributed by atoms with Crippen molar-refractivity contribution in [3.63, 3.8) is 0 Å². The van der Waals surface area contributed by atoms with Gasteiger partial charge in [-0.1, -0.05) is 13.0 Å². The van der Waals surface area contributed by atoms with Crippen LogP contribution in [-0.4, -0.2) is 38.1 Å². The fraction of sp³-hybridized carbons (Fsp3) is 0.529. The summed E-state index contributed by atoms with van der Waals surface area (Å²) in [6.07, 6.45) is 1.46. The largest absolute Gasteiger partial charge is 0.497 e. The van der Waals surface area contributed by atoms with Crippen molar-refractivity contribution < 1.29 is 19.1 Å². The molecule has 0 saturated carbocycles. The van der Waals surface area contributed by atoms with E-state index in [1.165, 1.54) is 0 Å². The van der Waals surface area contributed by atoms with Gasteiger partial charge in [-0.15, -0.1) is 0 Å². The third kappa shape index (κ3) is 4.37. The second-order valence-corrected chi connectivity index (χ2v) is 5.71. The van der Waals surface area contributed by atoms with Gasteiger partial charge in [0.2, 0.25) is 11.8 Å². The van der Waals surface area contributed by atoms with Gasteiger partial charge in [0.05, 0.1) is 13.0 Å². The molecule has 6 heteroatoms. The van der Waals surface area contributed by atoms with Crippen molar-refractivity contribution in [1.29, 1.82) is 0 Å². The van der Waals surface area contributed by atoms with E-state index in [-0.39, 0.29) is 17.7 Å². The van der Waals surface area contributed by atoms with Gasteiger partial charge in [0, 0.05) is 12.6 Å². The number of methoxy groups -OCH3 is 1. The molecule has 1 aromatic carbocycles. The summed E-state index contributed by atoms with van der Waals surface area (Å²) in [7, 11) is 1.60. The fourth-order valence-electron chi connectivity index (χ4n) is 2.45. The Bertz CT molecular complexity index is 574. The Kier molecular flexibility index (Phi) is 5.84. The molecule has 0 saturated heterocycles. The number of ether oxygens (including phenoxy) is 2. The summed E-state index contributed by atoms with van der Waals surface area (Å²) in [6.45, 7) is 4.58. The number of benzene rings is 1. The van der Waals surface area contributed by atoms with Crippen LogP contribution in [0, 0.1) is 5.92 Å². The van der Waals surface area contributed by atoms with Gasteiger partial charge in [-0.05, 0) is 31.4 Å². The molecule has 2 atom stereocenters. The predicted octanol–water partition coefficient (Wildman–Crippen LogP) is 1.28. The van der Waals surface area contributed by atoms with Crippen LogP contribution < -0.4 is 20.1 Å². The van der Waals surface area contributed by atoms with E-state index < -0.39 is 6.04 Å². The minimum absolute atomic E-state index is 0.161. The number of carbonyl (C=O) groups is 2. The molecule has 0 bridgehead atoms. The molecule has 126 valence electrons. The average Bonchev–Trinajstić information content (AvgIpc) is 2.58. The van der Waals surface area contributed by atoms with E-state index in [1.807, 2.05) is 25.1 Å². The topological polar surface area (TPSA) is 76.7 Å². The highest BCUT2D eigenvalue weighted by Gasteiger charge is 2.28. The molecule has 1 aliphatic heterocycles. The van der Waals surface area contributed by atoms with Gasteiger partial charge in [-0.2, -0.15) is 0 Å². The smallest absolute Gasteiger partial charge is 0.242 e. The SMILES string of the molecule is CCCNC(=O)[C@@H](C)NC(=O)[C@H]1COc2cc(OC)ccc2C1. The van der Waals surface area contributed by atoms with Crippen LogP contribution in [0.5, 0.6) is 11.5 Å². The molecule has 6 nitrogen and oxygen atoms in total. The minimum Gasteiger partial charge on any atom is -0.497 e. The van der Waals surface area contributed by atoms with Gasteiger partial charge < -0.3 is 20.1 Å². The van der Waals surface area contributed by atoms with Crippen molar-refractivity contribution in [1.82, 2.24) is 10.6 Å². The number of hydrogen-bond donors (Lipinski definition) is 2. The minimum atomic E-state index is -0.550. The highest BCUT2D eigenvalue weighted by molar-refractivity contribution is 5.88. The summed E-state index contributed by atoms with van der Waals surface area (Å²) in [4.78, 5) is 24.1. The Labute approximate surface area is 136 Å². The van der Waals surface area contributed by atoms with Crippen LogP contribution in [0.2, 0.25) is 0 Å². The standard InChI is InChI=1S/C17H24N2O4/c1-4-7-18-16(20)11(2)19-17(21)13-8-12-5-6-14(22-3)9-15(12)23-10-13/h5-6,9,11,13H,4,7-8,10H2,1-3H3,(H,18,20)(H,19,21)/t11-,13-/m1/s1. The van der Waals surface area contributed by atoms with Gasteiger partial charge >= 0.3 is 0 Å². The zero-order valence-electron chi connectivity index (χ0n) is 13.8.